The summed E-state index contributed by atoms with van der Waals surface area (Å²) in [4.78, 5) is 4.47. The molecule has 0 amide bonds. The number of nitrogens with two attached hydrogens (primary N) is 1. The summed E-state index contributed by atoms with van der Waals surface area (Å²) < 4.78 is 5.76. The molecule has 0 aromatic carbocycles. The number of hydrogen-bond acceptors (Lipinski definition) is 4. The summed E-state index contributed by atoms with van der Waals surface area (Å²) in [6.07, 6.45) is 1.86. The number of nitrogens with zero attached hydrogens (tertiary/aromatic N) is 1. The van der Waals surface area contributed by atoms with Crippen LogP contribution in [0.25, 0.3) is 0 Å². The van der Waals surface area contributed by atoms with Gasteiger partial charge in [0.15, 0.2) is 0 Å². The molecule has 3 nitrogen and oxygen atoms in total. The lowest BCUT2D eigenvalue weighted by atomic mass is 10.2. The lowest BCUT2D eigenvalue weighted by Crippen LogP contribution is -2.08. The number of ether oxygens (including phenoxy) is 1. The average Bonchev–Trinajstić information content (AvgIpc) is 2.32. The van der Waals surface area contributed by atoms with Gasteiger partial charge in [0, 0.05) is 12.1 Å². The summed E-state index contributed by atoms with van der Waals surface area (Å²) in [6, 6.07) is 3.98. The largest absolute Gasteiger partial charge is 0.492 e. The molecule has 1 aromatic heterocycles. The highest BCUT2D eigenvalue weighted by molar-refractivity contribution is 7.99. The molecule has 1 heterocycles. The molecule has 0 bridgehead atoms. The maximum atomic E-state index is 5.76. The van der Waals surface area contributed by atoms with E-state index >= 15 is 0 Å². The van der Waals surface area contributed by atoms with Gasteiger partial charge >= 0.3 is 0 Å². The first kappa shape index (κ1) is 14.3. The van der Waals surface area contributed by atoms with Crippen molar-refractivity contribution < 1.29 is 4.74 Å². The highest BCUT2D eigenvalue weighted by atomic mass is 32.2. The third kappa shape index (κ3) is 5.41. The summed E-state index contributed by atoms with van der Waals surface area (Å²) in [5, 5.41) is 0. The highest BCUT2D eigenvalue weighted by Gasteiger charge is 2.04. The molecule has 1 aromatic rings. The van der Waals surface area contributed by atoms with Crippen molar-refractivity contribution in [2.75, 3.05) is 24.7 Å². The van der Waals surface area contributed by atoms with Gasteiger partial charge in [-0.2, -0.15) is 11.8 Å². The van der Waals surface area contributed by atoms with Crippen LogP contribution in [-0.4, -0.2) is 29.6 Å². The van der Waals surface area contributed by atoms with E-state index in [1.165, 1.54) is 5.75 Å². The van der Waals surface area contributed by atoms with Gasteiger partial charge < -0.3 is 10.5 Å². The Morgan fingerprint density at radius 2 is 2.24 bits per heavy atom. The molecule has 0 aliphatic rings. The predicted octanol–water partition coefficient (Wildman–Crippen LogP) is 2.41. The topological polar surface area (TPSA) is 48.1 Å². The van der Waals surface area contributed by atoms with Crippen LogP contribution in [0.15, 0.2) is 12.1 Å². The van der Waals surface area contributed by atoms with Crippen LogP contribution in [0.1, 0.15) is 24.7 Å². The Labute approximate surface area is 108 Å². The molecule has 0 saturated carbocycles. The molecule has 0 unspecified atom stereocenters. The van der Waals surface area contributed by atoms with Crippen LogP contribution >= 0.6 is 11.8 Å². The van der Waals surface area contributed by atoms with Crippen LogP contribution in [-0.2, 0) is 6.42 Å². The smallest absolute Gasteiger partial charge is 0.140 e. The summed E-state index contributed by atoms with van der Waals surface area (Å²) >= 11 is 1.94. The first-order valence-corrected chi connectivity index (χ1v) is 7.30. The summed E-state index contributed by atoms with van der Waals surface area (Å²) in [7, 11) is 0. The molecule has 0 aliphatic heterocycles. The van der Waals surface area contributed by atoms with Gasteiger partial charge in [-0.15, -0.1) is 0 Å². The predicted molar refractivity (Wildman–Crippen MR) is 74.8 cm³/mol. The number of aryl methyl sites for hydroxylation is 1. The quantitative estimate of drug-likeness (QED) is 0.724. The van der Waals surface area contributed by atoms with Crippen molar-refractivity contribution in [3.8, 4) is 5.75 Å². The summed E-state index contributed by atoms with van der Waals surface area (Å²) in [5.74, 6) is 3.22. The van der Waals surface area contributed by atoms with Crippen LogP contribution in [0.3, 0.4) is 0 Å². The molecule has 96 valence electrons. The van der Waals surface area contributed by atoms with Gasteiger partial charge in [0.1, 0.15) is 5.75 Å². The van der Waals surface area contributed by atoms with Crippen molar-refractivity contribution in [3.05, 3.63) is 23.5 Å². The minimum atomic E-state index is 0.610. The molecular formula is C13H22N2OS. The van der Waals surface area contributed by atoms with Crippen molar-refractivity contribution in [2.24, 2.45) is 5.73 Å². The first-order valence-electron chi connectivity index (χ1n) is 6.15. The monoisotopic (exact) mass is 254 g/mol. The van der Waals surface area contributed by atoms with E-state index in [1.807, 2.05) is 30.8 Å². The SMILES string of the molecule is CCSCCCOc1ccc(C)nc1CCN. The van der Waals surface area contributed by atoms with E-state index in [0.717, 1.165) is 42.3 Å². The van der Waals surface area contributed by atoms with E-state index < -0.39 is 0 Å². The minimum Gasteiger partial charge on any atom is -0.492 e. The lowest BCUT2D eigenvalue weighted by Gasteiger charge is -2.10. The van der Waals surface area contributed by atoms with Gasteiger partial charge in [-0.05, 0) is 43.5 Å². The van der Waals surface area contributed by atoms with Gasteiger partial charge in [0.25, 0.3) is 0 Å². The Hall–Kier alpha value is -0.740. The van der Waals surface area contributed by atoms with Crippen LogP contribution in [0.4, 0.5) is 0 Å². The number of hydrogen-bond donors (Lipinski definition) is 1. The first-order chi connectivity index (χ1) is 8.27. The van der Waals surface area contributed by atoms with Crippen LogP contribution in [0.5, 0.6) is 5.75 Å². The van der Waals surface area contributed by atoms with E-state index in [-0.39, 0.29) is 0 Å². The van der Waals surface area contributed by atoms with E-state index in [0.29, 0.717) is 6.54 Å². The molecular weight excluding hydrogens is 232 g/mol. The Kier molecular flexibility index (Phi) is 7.05. The van der Waals surface area contributed by atoms with Crippen LogP contribution < -0.4 is 10.5 Å². The molecule has 2 N–H and O–H groups in total. The molecule has 0 fully saturated rings. The maximum Gasteiger partial charge on any atom is 0.140 e. The third-order valence-corrected chi connectivity index (χ3v) is 3.33. The summed E-state index contributed by atoms with van der Waals surface area (Å²) in [5.41, 5.74) is 7.57. The van der Waals surface area contributed by atoms with Crippen molar-refractivity contribution in [3.63, 3.8) is 0 Å². The Morgan fingerprint density at radius 3 is 2.94 bits per heavy atom. The maximum absolute atomic E-state index is 5.76. The zero-order valence-electron chi connectivity index (χ0n) is 10.7. The Morgan fingerprint density at radius 1 is 1.41 bits per heavy atom. The molecule has 0 radical (unpaired) electrons. The van der Waals surface area contributed by atoms with E-state index in [2.05, 4.69) is 11.9 Å². The lowest BCUT2D eigenvalue weighted by molar-refractivity contribution is 0.313. The number of aromatic nitrogens is 1. The molecule has 17 heavy (non-hydrogen) atoms. The fourth-order valence-corrected chi connectivity index (χ4v) is 2.14. The summed E-state index contributed by atoms with van der Waals surface area (Å²) in [6.45, 7) is 5.53. The van der Waals surface area contributed by atoms with Crippen molar-refractivity contribution in [1.82, 2.24) is 4.98 Å². The Balaban J connectivity index is 2.45. The molecule has 0 aliphatic carbocycles. The minimum absolute atomic E-state index is 0.610. The number of rotatable bonds is 8. The second-order valence-corrected chi connectivity index (χ2v) is 5.23. The second kappa shape index (κ2) is 8.37. The van der Waals surface area contributed by atoms with Gasteiger partial charge in [0.2, 0.25) is 0 Å². The van der Waals surface area contributed by atoms with Crippen molar-refractivity contribution in [1.29, 1.82) is 0 Å². The van der Waals surface area contributed by atoms with Crippen LogP contribution in [0.2, 0.25) is 0 Å². The fourth-order valence-electron chi connectivity index (χ4n) is 1.53. The van der Waals surface area contributed by atoms with Crippen molar-refractivity contribution in [2.45, 2.75) is 26.7 Å². The molecule has 0 saturated heterocycles. The third-order valence-electron chi connectivity index (χ3n) is 2.35. The molecule has 0 spiro atoms. The molecule has 4 heteroatoms. The van der Waals surface area contributed by atoms with Gasteiger partial charge in [-0.3, -0.25) is 4.98 Å². The van der Waals surface area contributed by atoms with Crippen molar-refractivity contribution >= 4 is 11.8 Å². The zero-order chi connectivity index (χ0) is 12.5. The van der Waals surface area contributed by atoms with Gasteiger partial charge in [-0.25, -0.2) is 0 Å². The fraction of sp³-hybridized carbons (Fsp3) is 0.615. The highest BCUT2D eigenvalue weighted by Crippen LogP contribution is 2.17. The Bertz CT molecular complexity index is 331. The zero-order valence-corrected chi connectivity index (χ0v) is 11.6. The molecule has 0 atom stereocenters. The van der Waals surface area contributed by atoms with Crippen LogP contribution in [0, 0.1) is 6.92 Å². The standard InChI is InChI=1S/C13H22N2OS/c1-3-17-10-4-9-16-13-6-5-11(2)15-12(13)7-8-14/h5-6H,3-4,7-10,14H2,1-2H3. The van der Waals surface area contributed by atoms with E-state index in [1.54, 1.807) is 0 Å². The normalized spacial score (nSPS) is 10.5. The second-order valence-electron chi connectivity index (χ2n) is 3.84. The van der Waals surface area contributed by atoms with Gasteiger partial charge in [0.05, 0.1) is 12.3 Å². The molecule has 1 rings (SSSR count). The van der Waals surface area contributed by atoms with E-state index in [4.69, 9.17) is 10.5 Å². The average molecular weight is 254 g/mol. The van der Waals surface area contributed by atoms with Gasteiger partial charge in [-0.1, -0.05) is 6.92 Å². The number of thioether (sulfide) groups is 1. The number of pyridine rings is 1. The van der Waals surface area contributed by atoms with E-state index in [9.17, 15) is 0 Å².